The Morgan fingerprint density at radius 1 is 1.61 bits per heavy atom. The lowest BCUT2D eigenvalue weighted by molar-refractivity contribution is 0.0793. The van der Waals surface area contributed by atoms with Crippen molar-refractivity contribution in [3.63, 3.8) is 0 Å². The second kappa shape index (κ2) is 4.52. The molecule has 1 aliphatic rings. The molecule has 0 aliphatic carbocycles. The van der Waals surface area contributed by atoms with Gasteiger partial charge in [0.2, 0.25) is 0 Å². The Labute approximate surface area is 114 Å². The van der Waals surface area contributed by atoms with Crippen LogP contribution in [0, 0.1) is 5.92 Å². The molecule has 1 atom stereocenters. The van der Waals surface area contributed by atoms with Crippen LogP contribution in [0.15, 0.2) is 18.3 Å². The molecule has 0 unspecified atom stereocenters. The van der Waals surface area contributed by atoms with Crippen LogP contribution < -0.4 is 0 Å². The van der Waals surface area contributed by atoms with E-state index in [9.17, 15) is 4.79 Å². The molecule has 0 saturated carbocycles. The molecular formula is C13H13ClN2OS. The summed E-state index contributed by atoms with van der Waals surface area (Å²) < 4.78 is 0.898. The molecule has 1 amide bonds. The highest BCUT2D eigenvalue weighted by atomic mass is 35.5. The number of carbonyl (C=O) groups excluding carboxylic acids is 1. The Bertz CT molecular complexity index is 610. The number of rotatable bonds is 1. The summed E-state index contributed by atoms with van der Waals surface area (Å²) in [6.45, 7) is 3.89. The van der Waals surface area contributed by atoms with E-state index in [0.717, 1.165) is 34.6 Å². The molecule has 3 rings (SSSR count). The second-order valence-corrected chi connectivity index (χ2v) is 6.22. The molecule has 0 bridgehead atoms. The maximum atomic E-state index is 12.3. The van der Waals surface area contributed by atoms with Crippen LogP contribution in [0.2, 0.25) is 5.02 Å². The number of pyridine rings is 1. The summed E-state index contributed by atoms with van der Waals surface area (Å²) in [5.74, 6) is 0.712. The van der Waals surface area contributed by atoms with E-state index in [0.29, 0.717) is 10.9 Å². The highest BCUT2D eigenvalue weighted by Gasteiger charge is 2.25. The maximum absolute atomic E-state index is 12.3. The number of hydrogen-bond acceptors (Lipinski definition) is 3. The fraction of sp³-hybridized carbons (Fsp3) is 0.385. The zero-order valence-corrected chi connectivity index (χ0v) is 11.6. The summed E-state index contributed by atoms with van der Waals surface area (Å²) in [5.41, 5.74) is 0.808. The number of carbonyl (C=O) groups is 1. The number of hydrogen-bond donors (Lipinski definition) is 0. The van der Waals surface area contributed by atoms with E-state index in [4.69, 9.17) is 11.6 Å². The summed E-state index contributed by atoms with van der Waals surface area (Å²) in [6.07, 6.45) is 2.76. The van der Waals surface area contributed by atoms with Crippen molar-refractivity contribution in [3.8, 4) is 0 Å². The first-order valence-corrected chi connectivity index (χ1v) is 7.18. The van der Waals surface area contributed by atoms with Crippen LogP contribution in [-0.2, 0) is 0 Å². The standard InChI is InChI=1S/C13H13ClN2OS/c1-8-3-5-16(7-8)13(17)11-6-10-12(18-11)9(14)2-4-15-10/h2,4,6,8H,3,5,7H2,1H3/t8-/m1/s1. The first-order valence-electron chi connectivity index (χ1n) is 5.98. The highest BCUT2D eigenvalue weighted by Crippen LogP contribution is 2.31. The zero-order valence-electron chi connectivity index (χ0n) is 10.0. The van der Waals surface area contributed by atoms with Crippen LogP contribution in [0.4, 0.5) is 0 Å². The maximum Gasteiger partial charge on any atom is 0.264 e. The largest absolute Gasteiger partial charge is 0.338 e. The predicted octanol–water partition coefficient (Wildman–Crippen LogP) is 3.43. The van der Waals surface area contributed by atoms with Gasteiger partial charge in [-0.15, -0.1) is 11.3 Å². The van der Waals surface area contributed by atoms with Crippen molar-refractivity contribution in [1.82, 2.24) is 9.88 Å². The quantitative estimate of drug-likeness (QED) is 0.802. The summed E-state index contributed by atoms with van der Waals surface area (Å²) in [7, 11) is 0. The van der Waals surface area contributed by atoms with E-state index in [-0.39, 0.29) is 5.91 Å². The fourth-order valence-corrected chi connectivity index (χ4v) is 3.55. The number of thiophene rings is 1. The van der Waals surface area contributed by atoms with E-state index >= 15 is 0 Å². The van der Waals surface area contributed by atoms with Crippen molar-refractivity contribution < 1.29 is 4.79 Å². The van der Waals surface area contributed by atoms with Gasteiger partial charge in [0, 0.05) is 19.3 Å². The van der Waals surface area contributed by atoms with Gasteiger partial charge in [-0.1, -0.05) is 18.5 Å². The first-order chi connectivity index (χ1) is 8.65. The van der Waals surface area contributed by atoms with Crippen LogP contribution in [-0.4, -0.2) is 28.9 Å². The minimum atomic E-state index is 0.110. The lowest BCUT2D eigenvalue weighted by atomic mass is 10.2. The number of aromatic nitrogens is 1. The van der Waals surface area contributed by atoms with Gasteiger partial charge in [0.05, 0.1) is 20.1 Å². The highest BCUT2D eigenvalue weighted by molar-refractivity contribution is 7.21. The predicted molar refractivity (Wildman–Crippen MR) is 74.3 cm³/mol. The molecule has 3 heterocycles. The van der Waals surface area contributed by atoms with Crippen molar-refractivity contribution in [3.05, 3.63) is 28.2 Å². The van der Waals surface area contributed by atoms with E-state index in [1.54, 1.807) is 12.3 Å². The van der Waals surface area contributed by atoms with E-state index in [1.165, 1.54) is 11.3 Å². The average Bonchev–Trinajstić information content (AvgIpc) is 2.95. The van der Waals surface area contributed by atoms with Crippen LogP contribution >= 0.6 is 22.9 Å². The Morgan fingerprint density at radius 3 is 3.11 bits per heavy atom. The molecule has 1 fully saturated rings. The molecule has 3 nitrogen and oxygen atoms in total. The Morgan fingerprint density at radius 2 is 2.44 bits per heavy atom. The van der Waals surface area contributed by atoms with Gasteiger partial charge in [-0.3, -0.25) is 9.78 Å². The first kappa shape index (κ1) is 11.9. The van der Waals surface area contributed by atoms with E-state index in [2.05, 4.69) is 11.9 Å². The van der Waals surface area contributed by atoms with Crippen molar-refractivity contribution in [1.29, 1.82) is 0 Å². The third-order valence-electron chi connectivity index (χ3n) is 3.29. The minimum absolute atomic E-state index is 0.110. The molecule has 1 saturated heterocycles. The summed E-state index contributed by atoms with van der Waals surface area (Å²) in [5, 5.41) is 0.666. The summed E-state index contributed by atoms with van der Waals surface area (Å²) in [6, 6.07) is 3.60. The molecule has 0 radical (unpaired) electrons. The van der Waals surface area contributed by atoms with E-state index in [1.807, 2.05) is 11.0 Å². The topological polar surface area (TPSA) is 33.2 Å². The van der Waals surface area contributed by atoms with Crippen molar-refractivity contribution in [2.75, 3.05) is 13.1 Å². The van der Waals surface area contributed by atoms with Crippen LogP contribution in [0.1, 0.15) is 23.0 Å². The molecule has 18 heavy (non-hydrogen) atoms. The molecule has 5 heteroatoms. The normalized spacial score (nSPS) is 19.7. The van der Waals surface area contributed by atoms with Gasteiger partial charge in [0.1, 0.15) is 0 Å². The molecular weight excluding hydrogens is 268 g/mol. The van der Waals surface area contributed by atoms with Gasteiger partial charge in [-0.05, 0) is 24.5 Å². The monoisotopic (exact) mass is 280 g/mol. The van der Waals surface area contributed by atoms with Crippen LogP contribution in [0.5, 0.6) is 0 Å². The van der Waals surface area contributed by atoms with Crippen molar-refractivity contribution >= 4 is 39.1 Å². The van der Waals surface area contributed by atoms with Gasteiger partial charge >= 0.3 is 0 Å². The van der Waals surface area contributed by atoms with Gasteiger partial charge in [0.15, 0.2) is 0 Å². The van der Waals surface area contributed by atoms with Crippen molar-refractivity contribution in [2.24, 2.45) is 5.92 Å². The number of likely N-dealkylation sites (tertiary alicyclic amines) is 1. The van der Waals surface area contributed by atoms with Gasteiger partial charge in [-0.2, -0.15) is 0 Å². The zero-order chi connectivity index (χ0) is 12.7. The molecule has 0 N–H and O–H groups in total. The van der Waals surface area contributed by atoms with Gasteiger partial charge < -0.3 is 4.90 Å². The lowest BCUT2D eigenvalue weighted by Gasteiger charge is -2.14. The molecule has 94 valence electrons. The summed E-state index contributed by atoms with van der Waals surface area (Å²) >= 11 is 7.54. The van der Waals surface area contributed by atoms with Crippen LogP contribution in [0.25, 0.3) is 10.2 Å². The number of nitrogens with zero attached hydrogens (tertiary/aromatic N) is 2. The van der Waals surface area contributed by atoms with Gasteiger partial charge in [0.25, 0.3) is 5.91 Å². The average molecular weight is 281 g/mol. The van der Waals surface area contributed by atoms with Crippen molar-refractivity contribution in [2.45, 2.75) is 13.3 Å². The third kappa shape index (κ3) is 1.99. The second-order valence-electron chi connectivity index (χ2n) is 4.76. The third-order valence-corrected chi connectivity index (χ3v) is 4.86. The Kier molecular flexibility index (Phi) is 2.99. The number of amides is 1. The SMILES string of the molecule is C[C@@H]1CCN(C(=O)c2cc3nccc(Cl)c3s2)C1. The fourth-order valence-electron chi connectivity index (χ4n) is 2.29. The van der Waals surface area contributed by atoms with Crippen LogP contribution in [0.3, 0.4) is 0 Å². The molecule has 1 aliphatic heterocycles. The lowest BCUT2D eigenvalue weighted by Crippen LogP contribution is -2.27. The summed E-state index contributed by atoms with van der Waals surface area (Å²) in [4.78, 5) is 19.2. The smallest absolute Gasteiger partial charge is 0.264 e. The minimum Gasteiger partial charge on any atom is -0.338 e. The Hall–Kier alpha value is -1.13. The van der Waals surface area contributed by atoms with Gasteiger partial charge in [-0.25, -0.2) is 0 Å². The molecule has 2 aromatic heterocycles. The Balaban J connectivity index is 1.95. The molecule has 0 aromatic carbocycles. The molecule has 0 spiro atoms. The number of halogens is 1. The number of fused-ring (bicyclic) bond motifs is 1. The van der Waals surface area contributed by atoms with E-state index < -0.39 is 0 Å². The molecule has 2 aromatic rings.